The number of hydrogen-bond acceptors (Lipinski definition) is 3. The maximum absolute atomic E-state index is 12.2. The standard InChI is InChI=1S/C20H30N4O3/c1-14-5-7-16(8-6-14)22-18(26)17(25)21-13-15-9-11-24(12-10-15)19(27)23-20(2,3)4/h5-8,15H,9-13H2,1-4H3,(H,21,25)(H,22,26)(H,23,27). The summed E-state index contributed by atoms with van der Waals surface area (Å²) in [5.41, 5.74) is 1.42. The monoisotopic (exact) mass is 374 g/mol. The van der Waals surface area contributed by atoms with Crippen LogP contribution in [0.1, 0.15) is 39.2 Å². The average Bonchev–Trinajstić information content (AvgIpc) is 2.60. The number of rotatable bonds is 3. The number of nitrogens with zero attached hydrogens (tertiary/aromatic N) is 1. The molecule has 7 nitrogen and oxygen atoms in total. The van der Waals surface area contributed by atoms with Gasteiger partial charge in [0.2, 0.25) is 0 Å². The lowest BCUT2D eigenvalue weighted by molar-refractivity contribution is -0.136. The number of carbonyl (C=O) groups is 3. The van der Waals surface area contributed by atoms with Gasteiger partial charge in [0.05, 0.1) is 0 Å². The van der Waals surface area contributed by atoms with Gasteiger partial charge in [-0.25, -0.2) is 4.79 Å². The van der Waals surface area contributed by atoms with Crippen LogP contribution in [0.5, 0.6) is 0 Å². The largest absolute Gasteiger partial charge is 0.348 e. The zero-order valence-electron chi connectivity index (χ0n) is 16.6. The van der Waals surface area contributed by atoms with Crippen LogP contribution in [0, 0.1) is 12.8 Å². The number of hydrogen-bond donors (Lipinski definition) is 3. The van der Waals surface area contributed by atoms with Crippen molar-refractivity contribution in [2.75, 3.05) is 25.0 Å². The van der Waals surface area contributed by atoms with Crippen molar-refractivity contribution in [1.82, 2.24) is 15.5 Å². The summed E-state index contributed by atoms with van der Waals surface area (Å²) in [7, 11) is 0. The van der Waals surface area contributed by atoms with Crippen LogP contribution in [0.15, 0.2) is 24.3 Å². The summed E-state index contributed by atoms with van der Waals surface area (Å²) in [6.07, 6.45) is 1.61. The van der Waals surface area contributed by atoms with Crippen molar-refractivity contribution in [2.24, 2.45) is 5.92 Å². The Morgan fingerprint density at radius 3 is 2.19 bits per heavy atom. The van der Waals surface area contributed by atoms with Gasteiger partial charge in [0.15, 0.2) is 0 Å². The Hall–Kier alpha value is -2.57. The van der Waals surface area contributed by atoms with Gasteiger partial charge in [0.25, 0.3) is 0 Å². The highest BCUT2D eigenvalue weighted by molar-refractivity contribution is 6.39. The summed E-state index contributed by atoms with van der Waals surface area (Å²) in [5, 5.41) is 8.24. The number of urea groups is 1. The number of amides is 4. The van der Waals surface area contributed by atoms with Gasteiger partial charge in [-0.2, -0.15) is 0 Å². The van der Waals surface area contributed by atoms with Crippen molar-refractivity contribution >= 4 is 23.5 Å². The molecule has 3 N–H and O–H groups in total. The third-order valence-electron chi connectivity index (χ3n) is 4.45. The SMILES string of the molecule is Cc1ccc(NC(=O)C(=O)NCC2CCN(C(=O)NC(C)(C)C)CC2)cc1. The van der Waals surface area contributed by atoms with Crippen molar-refractivity contribution in [3.8, 4) is 0 Å². The summed E-state index contributed by atoms with van der Waals surface area (Å²) >= 11 is 0. The molecule has 0 unspecified atom stereocenters. The molecule has 1 aromatic carbocycles. The number of piperidine rings is 1. The predicted molar refractivity (Wildman–Crippen MR) is 105 cm³/mol. The Morgan fingerprint density at radius 2 is 1.63 bits per heavy atom. The van der Waals surface area contributed by atoms with E-state index < -0.39 is 11.8 Å². The molecule has 148 valence electrons. The van der Waals surface area contributed by atoms with E-state index in [0.717, 1.165) is 18.4 Å². The minimum Gasteiger partial charge on any atom is -0.348 e. The summed E-state index contributed by atoms with van der Waals surface area (Å²) in [5.74, 6) is -1.04. The number of likely N-dealkylation sites (tertiary alicyclic amines) is 1. The third kappa shape index (κ3) is 6.92. The number of anilines is 1. The van der Waals surface area contributed by atoms with Crippen LogP contribution >= 0.6 is 0 Å². The van der Waals surface area contributed by atoms with Crippen LogP contribution in [0.3, 0.4) is 0 Å². The summed E-state index contributed by atoms with van der Waals surface area (Å²) < 4.78 is 0. The smallest absolute Gasteiger partial charge is 0.317 e. The molecule has 0 aliphatic carbocycles. The molecule has 0 spiro atoms. The lowest BCUT2D eigenvalue weighted by atomic mass is 9.97. The lowest BCUT2D eigenvalue weighted by Crippen LogP contribution is -2.51. The van der Waals surface area contributed by atoms with Crippen LogP contribution in [-0.4, -0.2) is 47.9 Å². The molecule has 27 heavy (non-hydrogen) atoms. The van der Waals surface area contributed by atoms with Gasteiger partial charge >= 0.3 is 17.8 Å². The minimum absolute atomic E-state index is 0.0533. The van der Waals surface area contributed by atoms with Gasteiger partial charge in [-0.15, -0.1) is 0 Å². The van der Waals surface area contributed by atoms with E-state index in [4.69, 9.17) is 0 Å². The second-order valence-corrected chi connectivity index (χ2v) is 8.14. The van der Waals surface area contributed by atoms with Gasteiger partial charge in [-0.1, -0.05) is 17.7 Å². The predicted octanol–water partition coefficient (Wildman–Crippen LogP) is 2.27. The second-order valence-electron chi connectivity index (χ2n) is 8.14. The maximum Gasteiger partial charge on any atom is 0.317 e. The highest BCUT2D eigenvalue weighted by Crippen LogP contribution is 2.17. The highest BCUT2D eigenvalue weighted by Gasteiger charge is 2.26. The molecule has 1 aliphatic rings. The first kappa shape index (κ1) is 20.7. The van der Waals surface area contributed by atoms with E-state index in [-0.39, 0.29) is 17.5 Å². The van der Waals surface area contributed by atoms with Gasteiger partial charge in [-0.3, -0.25) is 9.59 Å². The molecule has 4 amide bonds. The zero-order valence-corrected chi connectivity index (χ0v) is 16.6. The lowest BCUT2D eigenvalue weighted by Gasteiger charge is -2.34. The molecule has 0 radical (unpaired) electrons. The van der Waals surface area contributed by atoms with E-state index in [9.17, 15) is 14.4 Å². The molecule has 1 saturated heterocycles. The van der Waals surface area contributed by atoms with Crippen LogP contribution in [0.4, 0.5) is 10.5 Å². The summed E-state index contributed by atoms with van der Waals surface area (Å²) in [4.78, 5) is 37.9. The van der Waals surface area contributed by atoms with Gasteiger partial charge in [-0.05, 0) is 58.6 Å². The minimum atomic E-state index is -0.666. The average molecular weight is 374 g/mol. The second kappa shape index (κ2) is 8.88. The van der Waals surface area contributed by atoms with Gasteiger partial charge in [0.1, 0.15) is 0 Å². The third-order valence-corrected chi connectivity index (χ3v) is 4.45. The molecular formula is C20H30N4O3. The first-order valence-electron chi connectivity index (χ1n) is 9.37. The van der Waals surface area contributed by atoms with Crippen molar-refractivity contribution in [3.63, 3.8) is 0 Å². The van der Waals surface area contributed by atoms with Crippen LogP contribution in [0.25, 0.3) is 0 Å². The molecule has 0 bridgehead atoms. The van der Waals surface area contributed by atoms with E-state index in [1.165, 1.54) is 0 Å². The fraction of sp³-hybridized carbons (Fsp3) is 0.550. The normalized spacial score (nSPS) is 15.2. The molecular weight excluding hydrogens is 344 g/mol. The quantitative estimate of drug-likeness (QED) is 0.709. The van der Waals surface area contributed by atoms with E-state index in [2.05, 4.69) is 16.0 Å². The maximum atomic E-state index is 12.2. The molecule has 1 fully saturated rings. The fourth-order valence-electron chi connectivity index (χ4n) is 2.88. The topological polar surface area (TPSA) is 90.5 Å². The zero-order chi connectivity index (χ0) is 20.0. The van der Waals surface area contributed by atoms with Crippen LogP contribution in [0.2, 0.25) is 0 Å². The first-order chi connectivity index (χ1) is 12.6. The first-order valence-corrected chi connectivity index (χ1v) is 9.37. The van der Waals surface area contributed by atoms with Crippen molar-refractivity contribution < 1.29 is 14.4 Å². The Bertz CT molecular complexity index is 671. The molecule has 1 aromatic rings. The number of nitrogens with one attached hydrogen (secondary N) is 3. The van der Waals surface area contributed by atoms with Crippen LogP contribution < -0.4 is 16.0 Å². The van der Waals surface area contributed by atoms with Crippen molar-refractivity contribution in [1.29, 1.82) is 0 Å². The van der Waals surface area contributed by atoms with Gasteiger partial charge in [0, 0.05) is 30.9 Å². The summed E-state index contributed by atoms with van der Waals surface area (Å²) in [6.45, 7) is 9.56. The van der Waals surface area contributed by atoms with E-state index in [1.807, 2.05) is 39.8 Å². The molecule has 1 aliphatic heterocycles. The molecule has 7 heteroatoms. The Labute approximate surface area is 160 Å². The Balaban J connectivity index is 1.71. The Kier molecular flexibility index (Phi) is 6.82. The van der Waals surface area contributed by atoms with Crippen molar-refractivity contribution in [3.05, 3.63) is 29.8 Å². The number of carbonyl (C=O) groups excluding carboxylic acids is 3. The number of aryl methyl sites for hydroxylation is 1. The molecule has 0 aromatic heterocycles. The molecule has 2 rings (SSSR count). The van der Waals surface area contributed by atoms with Crippen LogP contribution in [-0.2, 0) is 9.59 Å². The van der Waals surface area contributed by atoms with Gasteiger partial charge < -0.3 is 20.9 Å². The van der Waals surface area contributed by atoms with Crippen molar-refractivity contribution in [2.45, 2.75) is 46.1 Å². The highest BCUT2D eigenvalue weighted by atomic mass is 16.2. The van der Waals surface area contributed by atoms with E-state index >= 15 is 0 Å². The fourth-order valence-corrected chi connectivity index (χ4v) is 2.88. The molecule has 1 heterocycles. The van der Waals surface area contributed by atoms with E-state index in [0.29, 0.717) is 25.3 Å². The number of benzene rings is 1. The van der Waals surface area contributed by atoms with E-state index in [1.54, 1.807) is 17.0 Å². The molecule has 0 atom stereocenters. The Morgan fingerprint density at radius 1 is 1.04 bits per heavy atom. The summed E-state index contributed by atoms with van der Waals surface area (Å²) in [6, 6.07) is 7.22. The molecule has 0 saturated carbocycles.